The monoisotopic (exact) mass is 1300 g/mol. The fraction of sp³-hybridized carbons (Fsp3) is 0.464. The predicted molar refractivity (Wildman–Crippen MR) is 318 cm³/mol. The Hall–Kier alpha value is -5.39. The largest absolute Gasteiger partial charge is 0.481 e. The van der Waals surface area contributed by atoms with E-state index >= 15 is 0 Å². The summed E-state index contributed by atoms with van der Waals surface area (Å²) in [7, 11) is -21.5. The van der Waals surface area contributed by atoms with Crippen molar-refractivity contribution in [2.75, 3.05) is 104 Å². The van der Waals surface area contributed by atoms with Gasteiger partial charge in [-0.1, -0.05) is 36.4 Å². The van der Waals surface area contributed by atoms with E-state index in [2.05, 4.69) is 0 Å². The lowest BCUT2D eigenvalue weighted by Crippen LogP contribution is -2.33. The highest BCUT2D eigenvalue weighted by Crippen LogP contribution is 2.55. The van der Waals surface area contributed by atoms with E-state index < -0.39 is 92.7 Å². The quantitative estimate of drug-likeness (QED) is 0.0119. The highest BCUT2D eigenvalue weighted by molar-refractivity contribution is 7.87. The van der Waals surface area contributed by atoms with Crippen LogP contribution in [0.25, 0.3) is 21.5 Å². The lowest BCUT2D eigenvalue weighted by Gasteiger charge is -2.31. The molecule has 0 saturated heterocycles. The van der Waals surface area contributed by atoms with Gasteiger partial charge in [-0.3, -0.25) is 27.6 Å². The van der Waals surface area contributed by atoms with Crippen LogP contribution < -0.4 is 4.90 Å². The van der Waals surface area contributed by atoms with Gasteiger partial charge in [0.2, 0.25) is 5.69 Å². The molecule has 474 valence electrons. The first-order valence-electron chi connectivity index (χ1n) is 27.1. The second kappa shape index (κ2) is 29.7. The molecule has 0 aromatic heterocycles. The average molecular weight is 1300 g/mol. The molecule has 2 aliphatic rings. The number of rotatable bonds is 36. The van der Waals surface area contributed by atoms with Crippen molar-refractivity contribution in [2.45, 2.75) is 89.2 Å². The van der Waals surface area contributed by atoms with Crippen LogP contribution in [0.15, 0.2) is 116 Å². The molecule has 30 heteroatoms. The summed E-state index contributed by atoms with van der Waals surface area (Å²) < 4.78 is 213. The number of hydrogen-bond donors (Lipinski definition) is 6. The Morgan fingerprint density at radius 3 is 1.66 bits per heavy atom. The molecule has 2 atom stereocenters. The lowest BCUT2D eigenvalue weighted by atomic mass is 9.75. The van der Waals surface area contributed by atoms with E-state index in [1.807, 2.05) is 11.5 Å². The Labute approximate surface area is 501 Å². The Morgan fingerprint density at radius 2 is 1.08 bits per heavy atom. The van der Waals surface area contributed by atoms with Crippen LogP contribution >= 0.6 is 0 Å². The zero-order chi connectivity index (χ0) is 63.3. The normalized spacial score (nSPS) is 18.3. The number of carbonyl (C=O) groups is 1. The van der Waals surface area contributed by atoms with Crippen LogP contribution in [-0.4, -0.2) is 185 Å². The highest BCUT2D eigenvalue weighted by Gasteiger charge is 2.50. The van der Waals surface area contributed by atoms with Gasteiger partial charge in [0, 0.05) is 85.5 Å². The fourth-order valence-electron chi connectivity index (χ4n) is 10.9. The highest BCUT2D eigenvalue weighted by atomic mass is 32.2. The summed E-state index contributed by atoms with van der Waals surface area (Å²) in [5, 5.41) is 9.31. The summed E-state index contributed by atoms with van der Waals surface area (Å²) in [6.45, 7) is 6.20. The first-order valence-corrected chi connectivity index (χ1v) is 34.5. The summed E-state index contributed by atoms with van der Waals surface area (Å²) >= 11 is 0. The van der Waals surface area contributed by atoms with E-state index in [0.29, 0.717) is 79.9 Å². The van der Waals surface area contributed by atoms with Gasteiger partial charge in [0.25, 0.3) is 50.6 Å². The number of unbranched alkanes of at least 4 members (excludes halogenated alkanes) is 2. The third-order valence-corrected chi connectivity index (χ3v) is 19.0. The average Bonchev–Trinajstić information content (AvgIpc) is 1.52. The first-order chi connectivity index (χ1) is 40.4. The number of allylic oxidation sites excluding steroid dienone is 8. The van der Waals surface area contributed by atoms with Crippen LogP contribution in [0.2, 0.25) is 0 Å². The molecule has 0 bridgehead atoms. The van der Waals surface area contributed by atoms with E-state index in [9.17, 15) is 74.8 Å². The van der Waals surface area contributed by atoms with Crippen molar-refractivity contribution in [3.8, 4) is 0 Å². The van der Waals surface area contributed by atoms with E-state index in [1.165, 1.54) is 19.2 Å². The van der Waals surface area contributed by atoms with E-state index in [1.54, 1.807) is 67.5 Å². The standard InChI is InChI=1S/C56H72N2O23S5/c1-55(21-13-35-82(61,62)63)50(58(24-26-79-29-27-76-3)47-39-49(86(73,74)75)42-18-17-40(83(64,65)66)36-44(42)54(47)55)14-9-6-5-7-10-15-51-56(2,22-25-78-31-32-81-34-33-80-30-28-77-4)53-45-37-41(84(67,68)69)38-48(85(70,71)72)43(45)19-20-46(53)57(51)23-12-8-11-16-52(59)60/h5-7,9-10,14-15,17-20,36-39H,8,11-13,16,21-35H2,1-4H3,(H5-,59,60,61,62,63,64,65,66,67,68,69,70,71,72,73,74,75)/p+1. The molecule has 86 heavy (non-hydrogen) atoms. The molecule has 0 aliphatic carbocycles. The van der Waals surface area contributed by atoms with E-state index in [4.69, 9.17) is 28.4 Å². The minimum atomic E-state index is -5.09. The predicted octanol–water partition coefficient (Wildman–Crippen LogP) is 6.73. The van der Waals surface area contributed by atoms with Gasteiger partial charge in [-0.05, 0) is 105 Å². The molecule has 2 heterocycles. The molecule has 25 nitrogen and oxygen atoms in total. The van der Waals surface area contributed by atoms with Gasteiger partial charge in [-0.2, -0.15) is 46.7 Å². The maximum atomic E-state index is 13.1. The number of aliphatic carboxylic acids is 1. The van der Waals surface area contributed by atoms with Crippen molar-refractivity contribution < 1.29 is 108 Å². The molecule has 0 spiro atoms. The molecular formula is C56H73N2O23S5+. The maximum Gasteiger partial charge on any atom is 0.303 e. The van der Waals surface area contributed by atoms with Gasteiger partial charge >= 0.3 is 5.97 Å². The number of hydrogen-bond acceptors (Lipinski definition) is 18. The number of carboxylic acids is 1. The molecule has 0 fully saturated rings. The van der Waals surface area contributed by atoms with Crippen LogP contribution in [0.4, 0.5) is 11.4 Å². The van der Waals surface area contributed by atoms with Crippen LogP contribution in [0, 0.1) is 0 Å². The Kier molecular flexibility index (Phi) is 24.1. The number of fused-ring (bicyclic) bond motifs is 6. The lowest BCUT2D eigenvalue weighted by molar-refractivity contribution is -0.438. The number of carboxylic acid groups (broad SMARTS) is 1. The van der Waals surface area contributed by atoms with Crippen LogP contribution in [-0.2, 0) is 94.6 Å². The summed E-state index contributed by atoms with van der Waals surface area (Å²) in [5.41, 5.74) is 0.0727. The molecule has 2 unspecified atom stereocenters. The van der Waals surface area contributed by atoms with Crippen molar-refractivity contribution in [2.24, 2.45) is 0 Å². The zero-order valence-electron chi connectivity index (χ0n) is 47.9. The summed E-state index contributed by atoms with van der Waals surface area (Å²) in [5.74, 6) is -1.65. The van der Waals surface area contributed by atoms with Crippen molar-refractivity contribution in [1.82, 2.24) is 0 Å². The number of nitrogens with zero attached hydrogens (tertiary/aromatic N) is 2. The fourth-order valence-corrected chi connectivity index (χ4v) is 14.0. The SMILES string of the molecule is COCCOCCOCCOCCC1(C)C(C=CC=CC=CC=C2N(CCOCCOC)c3cc(S(=O)(=O)O)c4ccc(S(=O)(=O)O)cc4c3C2(C)CCCS(=O)(=O)O)=[N+](CCCCCC(=O)O)c2ccc3c(S(=O)(=O)O)cc(S(=O)(=O)O)cc3c21. The molecular weight excluding hydrogens is 1230 g/mol. The molecule has 2 aliphatic heterocycles. The van der Waals surface area contributed by atoms with Crippen molar-refractivity contribution in [3.05, 3.63) is 108 Å². The van der Waals surface area contributed by atoms with Crippen LogP contribution in [0.3, 0.4) is 0 Å². The molecule has 6 N–H and O–H groups in total. The topological polar surface area (TPSA) is 371 Å². The second-order valence-corrected chi connectivity index (χ2v) is 27.9. The van der Waals surface area contributed by atoms with Crippen molar-refractivity contribution >= 4 is 95.2 Å². The first kappa shape index (κ1) is 69.7. The zero-order valence-corrected chi connectivity index (χ0v) is 51.9. The number of anilines is 1. The summed E-state index contributed by atoms with van der Waals surface area (Å²) in [6, 6.07) is 9.25. The summed E-state index contributed by atoms with van der Waals surface area (Å²) in [4.78, 5) is 10.4. The second-order valence-electron chi connectivity index (χ2n) is 20.7. The van der Waals surface area contributed by atoms with Crippen molar-refractivity contribution in [1.29, 1.82) is 0 Å². The minimum absolute atomic E-state index is 0.00270. The van der Waals surface area contributed by atoms with Crippen LogP contribution in [0.1, 0.15) is 69.9 Å². The number of benzene rings is 4. The van der Waals surface area contributed by atoms with Crippen molar-refractivity contribution in [3.63, 3.8) is 0 Å². The third-order valence-electron chi connectivity index (χ3n) is 14.8. The van der Waals surface area contributed by atoms with Gasteiger partial charge in [0.15, 0.2) is 5.71 Å². The Morgan fingerprint density at radius 1 is 0.547 bits per heavy atom. The molecule has 0 saturated carbocycles. The Bertz CT molecular complexity index is 3880. The van der Waals surface area contributed by atoms with E-state index in [-0.39, 0.29) is 106 Å². The van der Waals surface area contributed by atoms with Crippen LogP contribution in [0.5, 0.6) is 0 Å². The minimum Gasteiger partial charge on any atom is -0.481 e. The van der Waals surface area contributed by atoms with Gasteiger partial charge in [-0.15, -0.1) is 0 Å². The van der Waals surface area contributed by atoms with Gasteiger partial charge < -0.3 is 38.4 Å². The van der Waals surface area contributed by atoms with E-state index in [0.717, 1.165) is 24.3 Å². The molecule has 4 aromatic carbocycles. The molecule has 0 radical (unpaired) electrons. The molecule has 6 rings (SSSR count). The smallest absolute Gasteiger partial charge is 0.303 e. The third kappa shape index (κ3) is 17.7. The van der Waals surface area contributed by atoms with Gasteiger partial charge in [-0.25, -0.2) is 0 Å². The Balaban J connectivity index is 1.46. The molecule has 0 amide bonds. The van der Waals surface area contributed by atoms with Gasteiger partial charge in [0.1, 0.15) is 16.3 Å². The molecule has 4 aromatic rings. The number of methoxy groups -OCH3 is 2. The van der Waals surface area contributed by atoms with Gasteiger partial charge in [0.05, 0.1) is 80.4 Å². The number of ether oxygens (including phenoxy) is 6. The maximum absolute atomic E-state index is 13.1. The summed E-state index contributed by atoms with van der Waals surface area (Å²) in [6.07, 6.45) is 13.0.